The summed E-state index contributed by atoms with van der Waals surface area (Å²) in [6, 6.07) is 5.54. The third kappa shape index (κ3) is 3.51. The molecule has 0 unspecified atom stereocenters. The van der Waals surface area contributed by atoms with Crippen molar-refractivity contribution in [2.45, 2.75) is 12.8 Å². The van der Waals surface area contributed by atoms with Gasteiger partial charge in [0, 0.05) is 17.9 Å². The average molecular weight is 278 g/mol. The maximum absolute atomic E-state index is 11.1. The Morgan fingerprint density at radius 1 is 1.32 bits per heavy atom. The monoisotopic (exact) mass is 278 g/mol. The zero-order valence-corrected chi connectivity index (χ0v) is 11.6. The van der Waals surface area contributed by atoms with Gasteiger partial charge in [-0.15, -0.1) is 11.3 Å². The minimum Gasteiger partial charge on any atom is -0.481 e. The Hall–Kier alpha value is -1.95. The van der Waals surface area contributed by atoms with Crippen LogP contribution in [0.5, 0.6) is 5.88 Å². The molecule has 0 amide bonds. The lowest BCUT2D eigenvalue weighted by Crippen LogP contribution is -2.01. The number of esters is 1. The van der Waals surface area contributed by atoms with Gasteiger partial charge in [0.25, 0.3) is 0 Å². The summed E-state index contributed by atoms with van der Waals surface area (Å²) >= 11 is 1.50. The molecule has 2 rings (SSSR count). The number of aromatic nitrogens is 2. The first-order valence-electron chi connectivity index (χ1n) is 5.75. The number of rotatable bonds is 5. The van der Waals surface area contributed by atoms with Crippen LogP contribution in [0.3, 0.4) is 0 Å². The SMILES string of the molecule is COC(=O)CCc1csc(-c2cccc(OC)n2)n1. The summed E-state index contributed by atoms with van der Waals surface area (Å²) in [5.74, 6) is 0.331. The standard InChI is InChI=1S/C13H14N2O3S/c1-17-11-5-3-4-10(15-11)13-14-9(8-19-13)6-7-12(16)18-2/h3-5,8H,6-7H2,1-2H3. The molecule has 0 saturated heterocycles. The van der Waals surface area contributed by atoms with Crippen molar-refractivity contribution in [1.82, 2.24) is 9.97 Å². The van der Waals surface area contributed by atoms with Crippen molar-refractivity contribution >= 4 is 17.3 Å². The molecule has 2 aromatic rings. The third-order valence-corrected chi connectivity index (χ3v) is 3.43. The Labute approximate surface area is 115 Å². The molecule has 0 aromatic carbocycles. The lowest BCUT2D eigenvalue weighted by Gasteiger charge is -2.00. The van der Waals surface area contributed by atoms with E-state index in [1.807, 2.05) is 17.5 Å². The van der Waals surface area contributed by atoms with Crippen LogP contribution < -0.4 is 4.74 Å². The highest BCUT2D eigenvalue weighted by Gasteiger charge is 2.09. The van der Waals surface area contributed by atoms with Gasteiger partial charge >= 0.3 is 5.97 Å². The lowest BCUT2D eigenvalue weighted by molar-refractivity contribution is -0.140. The Morgan fingerprint density at radius 2 is 2.16 bits per heavy atom. The van der Waals surface area contributed by atoms with E-state index in [-0.39, 0.29) is 5.97 Å². The Balaban J connectivity index is 2.09. The molecule has 0 saturated carbocycles. The van der Waals surface area contributed by atoms with E-state index in [4.69, 9.17) is 4.74 Å². The first-order chi connectivity index (χ1) is 9.22. The van der Waals surface area contributed by atoms with Gasteiger partial charge in [0.1, 0.15) is 10.7 Å². The topological polar surface area (TPSA) is 61.3 Å². The number of carbonyl (C=O) groups excluding carboxylic acids is 1. The molecule has 0 spiro atoms. The molecule has 2 aromatic heterocycles. The first kappa shape index (κ1) is 13.5. The van der Waals surface area contributed by atoms with Gasteiger partial charge in [-0.05, 0) is 6.07 Å². The molecule has 0 atom stereocenters. The van der Waals surface area contributed by atoms with Crippen LogP contribution in [0, 0.1) is 0 Å². The van der Waals surface area contributed by atoms with Crippen LogP contribution in [0.15, 0.2) is 23.6 Å². The van der Waals surface area contributed by atoms with E-state index < -0.39 is 0 Å². The van der Waals surface area contributed by atoms with Gasteiger partial charge in [0.15, 0.2) is 0 Å². The number of hydrogen-bond acceptors (Lipinski definition) is 6. The summed E-state index contributed by atoms with van der Waals surface area (Å²) in [5.41, 5.74) is 1.64. The first-order valence-corrected chi connectivity index (χ1v) is 6.63. The number of thiazole rings is 1. The number of pyridine rings is 1. The van der Waals surface area contributed by atoms with E-state index in [2.05, 4.69) is 14.7 Å². The minimum absolute atomic E-state index is 0.228. The fraction of sp³-hybridized carbons (Fsp3) is 0.308. The molecule has 5 nitrogen and oxygen atoms in total. The molecule has 0 N–H and O–H groups in total. The van der Waals surface area contributed by atoms with Crippen LogP contribution >= 0.6 is 11.3 Å². The second-order valence-electron chi connectivity index (χ2n) is 3.79. The summed E-state index contributed by atoms with van der Waals surface area (Å²) in [5, 5.41) is 2.75. The van der Waals surface area contributed by atoms with Gasteiger partial charge in [0.2, 0.25) is 5.88 Å². The summed E-state index contributed by atoms with van der Waals surface area (Å²) < 4.78 is 9.68. The predicted octanol–water partition coefficient (Wildman–Crippen LogP) is 2.32. The molecule has 0 aliphatic carbocycles. The molecular weight excluding hydrogens is 264 g/mol. The summed E-state index contributed by atoms with van der Waals surface area (Å²) in [7, 11) is 2.96. The van der Waals surface area contributed by atoms with Crippen molar-refractivity contribution in [1.29, 1.82) is 0 Å². The second kappa shape index (κ2) is 6.29. The van der Waals surface area contributed by atoms with E-state index in [9.17, 15) is 4.79 Å². The lowest BCUT2D eigenvalue weighted by atomic mass is 10.2. The van der Waals surface area contributed by atoms with Gasteiger partial charge in [-0.2, -0.15) is 0 Å². The van der Waals surface area contributed by atoms with Crippen molar-refractivity contribution in [3.8, 4) is 16.6 Å². The van der Waals surface area contributed by atoms with E-state index in [1.165, 1.54) is 18.4 Å². The number of aryl methyl sites for hydroxylation is 1. The third-order valence-electron chi connectivity index (χ3n) is 2.52. The number of carbonyl (C=O) groups is 1. The van der Waals surface area contributed by atoms with Crippen molar-refractivity contribution in [2.75, 3.05) is 14.2 Å². The fourth-order valence-corrected chi connectivity index (χ4v) is 2.34. The second-order valence-corrected chi connectivity index (χ2v) is 4.64. The number of hydrogen-bond donors (Lipinski definition) is 0. The highest BCUT2D eigenvalue weighted by atomic mass is 32.1. The van der Waals surface area contributed by atoms with E-state index in [1.54, 1.807) is 13.2 Å². The van der Waals surface area contributed by atoms with E-state index in [0.29, 0.717) is 18.7 Å². The average Bonchev–Trinajstić information content (AvgIpc) is 2.93. The van der Waals surface area contributed by atoms with Crippen molar-refractivity contribution in [3.05, 3.63) is 29.3 Å². The number of methoxy groups -OCH3 is 2. The van der Waals surface area contributed by atoms with E-state index >= 15 is 0 Å². The molecule has 19 heavy (non-hydrogen) atoms. The summed E-state index contributed by atoms with van der Waals surface area (Å²) in [6.07, 6.45) is 0.915. The molecule has 2 heterocycles. The Bertz CT molecular complexity index is 569. The number of nitrogens with zero attached hydrogens (tertiary/aromatic N) is 2. The molecule has 0 aliphatic heterocycles. The normalized spacial score (nSPS) is 10.2. The molecular formula is C13H14N2O3S. The highest BCUT2D eigenvalue weighted by Crippen LogP contribution is 2.24. The van der Waals surface area contributed by atoms with Crippen molar-refractivity contribution in [2.24, 2.45) is 0 Å². The Kier molecular flexibility index (Phi) is 4.46. The predicted molar refractivity (Wildman–Crippen MR) is 72.2 cm³/mol. The number of ether oxygens (including phenoxy) is 2. The molecule has 0 radical (unpaired) electrons. The van der Waals surface area contributed by atoms with Crippen LogP contribution in [0.4, 0.5) is 0 Å². The molecule has 0 fully saturated rings. The zero-order chi connectivity index (χ0) is 13.7. The maximum atomic E-state index is 11.1. The molecule has 100 valence electrons. The summed E-state index contributed by atoms with van der Waals surface area (Å²) in [6.45, 7) is 0. The maximum Gasteiger partial charge on any atom is 0.305 e. The smallest absolute Gasteiger partial charge is 0.305 e. The van der Waals surface area contributed by atoms with Gasteiger partial charge in [-0.3, -0.25) is 4.79 Å². The van der Waals surface area contributed by atoms with Crippen LogP contribution in [-0.4, -0.2) is 30.2 Å². The van der Waals surface area contributed by atoms with Crippen LogP contribution in [0.25, 0.3) is 10.7 Å². The van der Waals surface area contributed by atoms with Crippen LogP contribution in [0.2, 0.25) is 0 Å². The van der Waals surface area contributed by atoms with Crippen LogP contribution in [-0.2, 0) is 16.0 Å². The summed E-state index contributed by atoms with van der Waals surface area (Å²) in [4.78, 5) is 19.8. The quantitative estimate of drug-likeness (QED) is 0.785. The molecule has 0 bridgehead atoms. The Morgan fingerprint density at radius 3 is 2.89 bits per heavy atom. The van der Waals surface area contributed by atoms with Gasteiger partial charge in [-0.25, -0.2) is 9.97 Å². The van der Waals surface area contributed by atoms with Crippen molar-refractivity contribution < 1.29 is 14.3 Å². The fourth-order valence-electron chi connectivity index (χ4n) is 1.52. The highest BCUT2D eigenvalue weighted by molar-refractivity contribution is 7.13. The zero-order valence-electron chi connectivity index (χ0n) is 10.8. The molecule has 0 aliphatic rings. The van der Waals surface area contributed by atoms with Crippen LogP contribution in [0.1, 0.15) is 12.1 Å². The van der Waals surface area contributed by atoms with Gasteiger partial charge in [0.05, 0.1) is 26.3 Å². The van der Waals surface area contributed by atoms with Crippen molar-refractivity contribution in [3.63, 3.8) is 0 Å². The largest absolute Gasteiger partial charge is 0.481 e. The van der Waals surface area contributed by atoms with Gasteiger partial charge < -0.3 is 9.47 Å². The minimum atomic E-state index is -0.228. The van der Waals surface area contributed by atoms with E-state index in [0.717, 1.165) is 16.4 Å². The van der Waals surface area contributed by atoms with Gasteiger partial charge in [-0.1, -0.05) is 6.07 Å². The molecule has 6 heteroatoms.